The van der Waals surface area contributed by atoms with E-state index in [2.05, 4.69) is 31.1 Å². The predicted octanol–water partition coefficient (Wildman–Crippen LogP) is 3.94. The van der Waals surface area contributed by atoms with Crippen LogP contribution in [0.3, 0.4) is 0 Å². The Labute approximate surface area is 172 Å². The van der Waals surface area contributed by atoms with Gasteiger partial charge in [0.25, 0.3) is 0 Å². The molecule has 152 valence electrons. The number of carbonyl (C=O) groups excluding carboxylic acids is 1. The second-order valence-electron chi connectivity index (χ2n) is 8.32. The number of piperazine rings is 1. The van der Waals surface area contributed by atoms with E-state index in [-0.39, 0.29) is 11.3 Å². The monoisotopic (exact) mass is 401 g/mol. The number of hydrogen-bond acceptors (Lipinski definition) is 5. The summed E-state index contributed by atoms with van der Waals surface area (Å²) in [6.07, 6.45) is 1.30. The minimum absolute atomic E-state index is 0.109. The van der Waals surface area contributed by atoms with Crippen molar-refractivity contribution in [3.63, 3.8) is 0 Å². The van der Waals surface area contributed by atoms with Crippen molar-refractivity contribution in [2.24, 2.45) is 0 Å². The first-order valence-corrected chi connectivity index (χ1v) is 10.9. The smallest absolute Gasteiger partial charge is 0.222 e. The fourth-order valence-electron chi connectivity index (χ4n) is 3.20. The van der Waals surface area contributed by atoms with Crippen LogP contribution in [0, 0.1) is 0 Å². The molecule has 1 saturated heterocycles. The Kier molecular flexibility index (Phi) is 7.08. The van der Waals surface area contributed by atoms with Crippen LogP contribution in [0.2, 0.25) is 0 Å². The SMILES string of the molecule is CC(C)(C)c1nc(CN2CCN(C(=O)CCCOc3ccccc3)CC2)cs1. The van der Waals surface area contributed by atoms with Crippen LogP contribution in [0.5, 0.6) is 5.75 Å². The Hall–Kier alpha value is -1.92. The first-order chi connectivity index (χ1) is 13.4. The van der Waals surface area contributed by atoms with Crippen molar-refractivity contribution in [2.45, 2.75) is 45.6 Å². The molecule has 1 aromatic heterocycles. The van der Waals surface area contributed by atoms with Gasteiger partial charge in [-0.1, -0.05) is 39.0 Å². The van der Waals surface area contributed by atoms with E-state index >= 15 is 0 Å². The zero-order chi connectivity index (χ0) is 20.0. The van der Waals surface area contributed by atoms with Gasteiger partial charge in [0, 0.05) is 49.9 Å². The number of para-hydroxylation sites is 1. The second-order valence-corrected chi connectivity index (χ2v) is 9.17. The van der Waals surface area contributed by atoms with Crippen LogP contribution in [0.25, 0.3) is 0 Å². The highest BCUT2D eigenvalue weighted by molar-refractivity contribution is 7.09. The lowest BCUT2D eigenvalue weighted by atomic mass is 9.98. The zero-order valence-electron chi connectivity index (χ0n) is 17.2. The van der Waals surface area contributed by atoms with Crippen LogP contribution in [0.1, 0.15) is 44.3 Å². The van der Waals surface area contributed by atoms with Crippen LogP contribution < -0.4 is 4.74 Å². The summed E-state index contributed by atoms with van der Waals surface area (Å²) in [5.41, 5.74) is 1.26. The van der Waals surface area contributed by atoms with Gasteiger partial charge in [0.05, 0.1) is 17.3 Å². The van der Waals surface area contributed by atoms with E-state index in [0.717, 1.165) is 50.6 Å². The second kappa shape index (κ2) is 9.52. The predicted molar refractivity (Wildman–Crippen MR) is 114 cm³/mol. The fraction of sp³-hybridized carbons (Fsp3) is 0.545. The van der Waals surface area contributed by atoms with Crippen molar-refractivity contribution >= 4 is 17.2 Å². The number of benzene rings is 1. The third-order valence-corrected chi connectivity index (χ3v) is 6.17. The van der Waals surface area contributed by atoms with Crippen molar-refractivity contribution in [3.8, 4) is 5.75 Å². The van der Waals surface area contributed by atoms with Crippen molar-refractivity contribution < 1.29 is 9.53 Å². The van der Waals surface area contributed by atoms with Crippen molar-refractivity contribution in [3.05, 3.63) is 46.4 Å². The summed E-state index contributed by atoms with van der Waals surface area (Å²) in [6, 6.07) is 9.75. The lowest BCUT2D eigenvalue weighted by Gasteiger charge is -2.34. The third kappa shape index (κ3) is 6.04. The minimum atomic E-state index is 0.109. The molecule has 1 fully saturated rings. The summed E-state index contributed by atoms with van der Waals surface area (Å²) in [4.78, 5) is 21.6. The number of nitrogens with zero attached hydrogens (tertiary/aromatic N) is 3. The van der Waals surface area contributed by atoms with E-state index in [0.29, 0.717) is 13.0 Å². The highest BCUT2D eigenvalue weighted by Gasteiger charge is 2.23. The summed E-state index contributed by atoms with van der Waals surface area (Å²) >= 11 is 1.75. The van der Waals surface area contributed by atoms with Crippen LogP contribution in [-0.4, -0.2) is 53.5 Å². The number of ether oxygens (including phenoxy) is 1. The standard InChI is InChI=1S/C22H31N3O2S/c1-22(2,3)21-23-18(17-28-21)16-24-11-13-25(14-12-24)20(26)10-7-15-27-19-8-5-4-6-9-19/h4-6,8-9,17H,7,10-16H2,1-3H3. The van der Waals surface area contributed by atoms with Gasteiger partial charge < -0.3 is 9.64 Å². The Balaban J connectivity index is 1.35. The van der Waals surface area contributed by atoms with Crippen molar-refractivity contribution in [1.82, 2.24) is 14.8 Å². The molecule has 6 heteroatoms. The quantitative estimate of drug-likeness (QED) is 0.659. The number of amides is 1. The number of hydrogen-bond donors (Lipinski definition) is 0. The van der Waals surface area contributed by atoms with Crippen LogP contribution in [-0.2, 0) is 16.8 Å². The maximum atomic E-state index is 12.4. The summed E-state index contributed by atoms with van der Waals surface area (Å²) in [6.45, 7) is 11.5. The van der Waals surface area contributed by atoms with Gasteiger partial charge in [-0.25, -0.2) is 4.98 Å². The summed E-state index contributed by atoms with van der Waals surface area (Å²) < 4.78 is 5.67. The molecular formula is C22H31N3O2S. The minimum Gasteiger partial charge on any atom is -0.494 e. The molecule has 0 unspecified atom stereocenters. The Morgan fingerprint density at radius 3 is 2.50 bits per heavy atom. The zero-order valence-corrected chi connectivity index (χ0v) is 18.0. The lowest BCUT2D eigenvalue weighted by Crippen LogP contribution is -2.48. The largest absolute Gasteiger partial charge is 0.494 e. The maximum Gasteiger partial charge on any atom is 0.222 e. The first-order valence-electron chi connectivity index (χ1n) is 10.0. The number of rotatable bonds is 7. The number of carbonyl (C=O) groups is 1. The Morgan fingerprint density at radius 2 is 1.86 bits per heavy atom. The normalized spacial score (nSPS) is 15.6. The lowest BCUT2D eigenvalue weighted by molar-refractivity contribution is -0.133. The van der Waals surface area contributed by atoms with E-state index in [4.69, 9.17) is 9.72 Å². The molecule has 0 bridgehead atoms. The van der Waals surface area contributed by atoms with Crippen molar-refractivity contribution in [1.29, 1.82) is 0 Å². The molecule has 1 amide bonds. The molecular weight excluding hydrogens is 370 g/mol. The Morgan fingerprint density at radius 1 is 1.14 bits per heavy atom. The molecule has 2 aromatic rings. The van der Waals surface area contributed by atoms with E-state index in [9.17, 15) is 4.79 Å². The average Bonchev–Trinajstić information content (AvgIpc) is 3.15. The maximum absolute atomic E-state index is 12.4. The third-order valence-electron chi connectivity index (χ3n) is 4.85. The molecule has 0 saturated carbocycles. The van der Waals surface area contributed by atoms with Gasteiger partial charge >= 0.3 is 0 Å². The molecule has 28 heavy (non-hydrogen) atoms. The van der Waals surface area contributed by atoms with E-state index in [1.165, 1.54) is 5.01 Å². The van der Waals surface area contributed by atoms with Gasteiger partial charge in [-0.15, -0.1) is 11.3 Å². The molecule has 0 atom stereocenters. The molecule has 1 aliphatic rings. The summed E-state index contributed by atoms with van der Waals surface area (Å²) in [5.74, 6) is 1.10. The molecule has 0 N–H and O–H groups in total. The van der Waals surface area contributed by atoms with Crippen LogP contribution >= 0.6 is 11.3 Å². The van der Waals surface area contributed by atoms with Gasteiger partial charge in [-0.2, -0.15) is 0 Å². The van der Waals surface area contributed by atoms with Gasteiger partial charge in [0.15, 0.2) is 0 Å². The van der Waals surface area contributed by atoms with Gasteiger partial charge in [-0.05, 0) is 18.6 Å². The topological polar surface area (TPSA) is 45.7 Å². The summed E-state index contributed by atoms with van der Waals surface area (Å²) in [7, 11) is 0. The highest BCUT2D eigenvalue weighted by atomic mass is 32.1. The van der Waals surface area contributed by atoms with Crippen LogP contribution in [0.4, 0.5) is 0 Å². The van der Waals surface area contributed by atoms with E-state index in [1.54, 1.807) is 11.3 Å². The van der Waals surface area contributed by atoms with Crippen LogP contribution in [0.15, 0.2) is 35.7 Å². The molecule has 0 aliphatic carbocycles. The number of aromatic nitrogens is 1. The average molecular weight is 402 g/mol. The van der Waals surface area contributed by atoms with Gasteiger partial charge in [0.2, 0.25) is 5.91 Å². The highest BCUT2D eigenvalue weighted by Crippen LogP contribution is 2.26. The molecule has 1 aliphatic heterocycles. The summed E-state index contributed by atoms with van der Waals surface area (Å²) in [5, 5.41) is 3.36. The molecule has 1 aromatic carbocycles. The molecule has 3 rings (SSSR count). The molecule has 0 radical (unpaired) electrons. The van der Waals surface area contributed by atoms with E-state index < -0.39 is 0 Å². The molecule has 2 heterocycles. The van der Waals surface area contributed by atoms with Crippen molar-refractivity contribution in [2.75, 3.05) is 32.8 Å². The number of thiazole rings is 1. The molecule has 0 spiro atoms. The van der Waals surface area contributed by atoms with Gasteiger partial charge in [0.1, 0.15) is 5.75 Å². The Bertz CT molecular complexity index is 747. The van der Waals surface area contributed by atoms with E-state index in [1.807, 2.05) is 35.2 Å². The van der Waals surface area contributed by atoms with Gasteiger partial charge in [-0.3, -0.25) is 9.69 Å². The first kappa shape index (κ1) is 20.8. The molecule has 5 nitrogen and oxygen atoms in total. The fourth-order valence-corrected chi connectivity index (χ4v) is 4.10.